The molecule has 0 fully saturated rings. The van der Waals surface area contributed by atoms with E-state index >= 15 is 0 Å². The minimum Gasteiger partial charge on any atom is -0.504 e. The summed E-state index contributed by atoms with van der Waals surface area (Å²) in [7, 11) is 4.86. The number of ether oxygens (including phenoxy) is 3. The molecule has 0 aromatic heterocycles. The van der Waals surface area contributed by atoms with Gasteiger partial charge < -0.3 is 19.3 Å². The van der Waals surface area contributed by atoms with Gasteiger partial charge >= 0.3 is 0 Å². The Bertz CT molecular complexity index is 1170. The number of benzene rings is 3. The molecule has 4 rings (SSSR count). The molecule has 0 spiro atoms. The van der Waals surface area contributed by atoms with Crippen molar-refractivity contribution in [1.82, 2.24) is 4.90 Å². The highest BCUT2D eigenvalue weighted by molar-refractivity contribution is 9.10. The van der Waals surface area contributed by atoms with Gasteiger partial charge in [0.2, 0.25) is 0 Å². The Balaban J connectivity index is 1.85. The van der Waals surface area contributed by atoms with Gasteiger partial charge in [0, 0.05) is 33.1 Å². The van der Waals surface area contributed by atoms with Crippen LogP contribution in [0.2, 0.25) is 0 Å². The van der Waals surface area contributed by atoms with Crippen molar-refractivity contribution >= 4 is 31.9 Å². The van der Waals surface area contributed by atoms with Gasteiger partial charge in [-0.2, -0.15) is 0 Å². The van der Waals surface area contributed by atoms with Gasteiger partial charge in [0.1, 0.15) is 0 Å². The first-order chi connectivity index (χ1) is 16.4. The maximum Gasteiger partial charge on any atom is 0.162 e. The third-order valence-electron chi connectivity index (χ3n) is 6.68. The molecule has 7 heteroatoms. The van der Waals surface area contributed by atoms with Crippen molar-refractivity contribution in [2.75, 3.05) is 27.9 Å². The number of rotatable bonds is 7. The molecule has 0 radical (unpaired) electrons. The van der Waals surface area contributed by atoms with E-state index in [9.17, 15) is 5.11 Å². The van der Waals surface area contributed by atoms with Crippen LogP contribution in [0, 0.1) is 0 Å². The van der Waals surface area contributed by atoms with E-state index in [-0.39, 0.29) is 17.8 Å². The molecule has 1 aliphatic heterocycles. The van der Waals surface area contributed by atoms with Crippen LogP contribution in [0.15, 0.2) is 57.5 Å². The number of hydrogen-bond donors (Lipinski definition) is 1. The summed E-state index contributed by atoms with van der Waals surface area (Å²) >= 11 is 7.45. The molecule has 0 saturated carbocycles. The van der Waals surface area contributed by atoms with Crippen LogP contribution in [0.5, 0.6) is 23.0 Å². The minimum absolute atomic E-state index is 0.0836. The van der Waals surface area contributed by atoms with Gasteiger partial charge in [0.15, 0.2) is 23.0 Å². The third-order valence-corrected chi connectivity index (χ3v) is 8.12. The smallest absolute Gasteiger partial charge is 0.162 e. The lowest BCUT2D eigenvalue weighted by molar-refractivity contribution is 0.128. The summed E-state index contributed by atoms with van der Waals surface area (Å²) in [5, 5.41) is 11.3. The zero-order valence-corrected chi connectivity index (χ0v) is 22.9. The van der Waals surface area contributed by atoms with Crippen LogP contribution in [-0.4, -0.2) is 37.9 Å². The largest absolute Gasteiger partial charge is 0.504 e. The molecule has 0 saturated heterocycles. The summed E-state index contributed by atoms with van der Waals surface area (Å²) in [5.74, 6) is 2.02. The second-order valence-electron chi connectivity index (χ2n) is 8.39. The highest BCUT2D eigenvalue weighted by atomic mass is 79.9. The maximum atomic E-state index is 11.3. The average Bonchev–Trinajstić information content (AvgIpc) is 2.86. The minimum atomic E-state index is -0.0836. The summed E-state index contributed by atoms with van der Waals surface area (Å²) in [6, 6.07) is 16.4. The summed E-state index contributed by atoms with van der Waals surface area (Å²) < 4.78 is 18.5. The molecule has 5 nitrogen and oxygen atoms in total. The number of aromatic hydroxyl groups is 1. The topological polar surface area (TPSA) is 51.2 Å². The van der Waals surface area contributed by atoms with Crippen molar-refractivity contribution in [3.8, 4) is 23.0 Å². The Morgan fingerprint density at radius 2 is 1.56 bits per heavy atom. The van der Waals surface area contributed by atoms with Crippen molar-refractivity contribution < 1.29 is 19.3 Å². The van der Waals surface area contributed by atoms with Crippen molar-refractivity contribution in [2.24, 2.45) is 0 Å². The zero-order valence-electron chi connectivity index (χ0n) is 19.8. The van der Waals surface area contributed by atoms with Crippen LogP contribution < -0.4 is 14.2 Å². The molecule has 2 atom stereocenters. The van der Waals surface area contributed by atoms with Crippen molar-refractivity contribution in [2.45, 2.75) is 31.8 Å². The molecule has 1 N–H and O–H groups in total. The van der Waals surface area contributed by atoms with Gasteiger partial charge in [-0.15, -0.1) is 0 Å². The molecule has 0 amide bonds. The lowest BCUT2D eigenvalue weighted by Gasteiger charge is -2.42. The summed E-state index contributed by atoms with van der Waals surface area (Å²) in [5.41, 5.74) is 4.33. The fourth-order valence-electron chi connectivity index (χ4n) is 4.87. The fraction of sp³-hybridized carbons (Fsp3) is 0.333. The van der Waals surface area contributed by atoms with E-state index in [2.05, 4.69) is 67.9 Å². The number of hydrogen-bond acceptors (Lipinski definition) is 5. The summed E-state index contributed by atoms with van der Waals surface area (Å²) in [6.07, 6.45) is 1.49. The predicted octanol–water partition coefficient (Wildman–Crippen LogP) is 6.85. The molecular formula is C27H29Br2NO4. The SMILES string of the molecule is COc1cc(Br)c(CC2c3c(O)c(OC)cc(Br)c3CCN2[C@@H](C)c2ccccc2)cc1OC. The molecule has 0 bridgehead atoms. The number of methoxy groups -OCH3 is 3. The number of fused-ring (bicyclic) bond motifs is 1. The second-order valence-corrected chi connectivity index (χ2v) is 10.1. The molecule has 0 aliphatic carbocycles. The van der Waals surface area contributed by atoms with Crippen molar-refractivity contribution in [1.29, 1.82) is 0 Å². The Morgan fingerprint density at radius 3 is 2.21 bits per heavy atom. The van der Waals surface area contributed by atoms with Gasteiger partial charge in [0.25, 0.3) is 0 Å². The monoisotopic (exact) mass is 589 g/mol. The van der Waals surface area contributed by atoms with E-state index in [1.54, 1.807) is 21.3 Å². The van der Waals surface area contributed by atoms with Crippen LogP contribution in [0.4, 0.5) is 0 Å². The van der Waals surface area contributed by atoms with Crippen LogP contribution in [0.1, 0.15) is 41.3 Å². The lowest BCUT2D eigenvalue weighted by Crippen LogP contribution is -2.38. The van der Waals surface area contributed by atoms with E-state index in [4.69, 9.17) is 14.2 Å². The van der Waals surface area contributed by atoms with Crippen LogP contribution in [-0.2, 0) is 12.8 Å². The Labute approximate surface area is 217 Å². The van der Waals surface area contributed by atoms with Crippen LogP contribution in [0.25, 0.3) is 0 Å². The Morgan fingerprint density at radius 1 is 0.941 bits per heavy atom. The highest BCUT2D eigenvalue weighted by Gasteiger charge is 2.36. The van der Waals surface area contributed by atoms with Crippen LogP contribution in [0.3, 0.4) is 0 Å². The molecule has 34 heavy (non-hydrogen) atoms. The van der Waals surface area contributed by atoms with Gasteiger partial charge in [-0.3, -0.25) is 4.90 Å². The fourth-order valence-corrected chi connectivity index (χ4v) is 5.98. The molecule has 1 heterocycles. The van der Waals surface area contributed by atoms with Crippen molar-refractivity contribution in [3.63, 3.8) is 0 Å². The number of phenolic OH excluding ortho intramolecular Hbond substituents is 1. The van der Waals surface area contributed by atoms with Gasteiger partial charge in [-0.25, -0.2) is 0 Å². The van der Waals surface area contributed by atoms with E-state index in [1.807, 2.05) is 24.3 Å². The lowest BCUT2D eigenvalue weighted by atomic mass is 9.85. The van der Waals surface area contributed by atoms with E-state index in [0.717, 1.165) is 38.6 Å². The summed E-state index contributed by atoms with van der Waals surface area (Å²) in [6.45, 7) is 3.09. The quantitative estimate of drug-likeness (QED) is 0.326. The molecule has 3 aromatic carbocycles. The number of phenols is 1. The molecule has 180 valence electrons. The molecule has 1 unspecified atom stereocenters. The van der Waals surface area contributed by atoms with Crippen LogP contribution >= 0.6 is 31.9 Å². The van der Waals surface area contributed by atoms with E-state index in [0.29, 0.717) is 23.7 Å². The Kier molecular flexibility index (Phi) is 7.75. The van der Waals surface area contributed by atoms with Crippen molar-refractivity contribution in [3.05, 3.63) is 79.7 Å². The normalized spacial score (nSPS) is 16.6. The predicted molar refractivity (Wildman–Crippen MR) is 141 cm³/mol. The molecule has 1 aliphatic rings. The molecular weight excluding hydrogens is 562 g/mol. The maximum absolute atomic E-state index is 11.3. The number of nitrogens with zero attached hydrogens (tertiary/aromatic N) is 1. The first-order valence-corrected chi connectivity index (χ1v) is 12.8. The first-order valence-electron chi connectivity index (χ1n) is 11.2. The molecule has 3 aromatic rings. The van der Waals surface area contributed by atoms with Gasteiger partial charge in [-0.05, 0) is 54.7 Å². The summed E-state index contributed by atoms with van der Waals surface area (Å²) in [4.78, 5) is 2.46. The first kappa shape index (κ1) is 24.9. The average molecular weight is 591 g/mol. The number of halogens is 2. The van der Waals surface area contributed by atoms with Gasteiger partial charge in [-0.1, -0.05) is 62.2 Å². The van der Waals surface area contributed by atoms with E-state index < -0.39 is 0 Å². The Hall–Kier alpha value is -2.22. The zero-order chi connectivity index (χ0) is 24.4. The third kappa shape index (κ3) is 4.66. The second kappa shape index (κ2) is 10.6. The highest BCUT2D eigenvalue weighted by Crippen LogP contribution is 2.49. The van der Waals surface area contributed by atoms with Gasteiger partial charge in [0.05, 0.1) is 21.3 Å². The van der Waals surface area contributed by atoms with E-state index in [1.165, 1.54) is 5.56 Å². The standard InChI is InChI=1S/C27H29Br2NO4/c1-16(17-8-6-5-7-9-17)30-11-10-19-21(29)15-25(34-4)27(31)26(19)22(30)12-18-13-23(32-2)24(33-3)14-20(18)28/h5-9,13-16,22,31H,10-12H2,1-4H3/t16-,22?/m0/s1.